The molecule has 0 bridgehead atoms. The van der Waals surface area contributed by atoms with Gasteiger partial charge in [0.05, 0.1) is 5.92 Å². The van der Waals surface area contributed by atoms with E-state index in [1.807, 2.05) is 13.8 Å². The van der Waals surface area contributed by atoms with E-state index in [1.54, 1.807) is 16.5 Å². The van der Waals surface area contributed by atoms with Crippen molar-refractivity contribution in [1.29, 1.82) is 0 Å². The molecule has 2 rings (SSSR count). The van der Waals surface area contributed by atoms with E-state index in [2.05, 4.69) is 10.3 Å². The van der Waals surface area contributed by atoms with Gasteiger partial charge in [-0.2, -0.15) is 0 Å². The third-order valence-corrected chi connectivity index (χ3v) is 3.50. The molecule has 2 heterocycles. The van der Waals surface area contributed by atoms with Crippen molar-refractivity contribution >= 4 is 28.3 Å². The fourth-order valence-electron chi connectivity index (χ4n) is 1.90. The van der Waals surface area contributed by atoms with E-state index in [4.69, 9.17) is 0 Å². The molecule has 1 aliphatic rings. The minimum atomic E-state index is -0.256. The SMILES string of the molecule is CC(C)N1CC(C(=O)Nc2nccs2)CC1=O. The predicted octanol–water partition coefficient (Wildman–Crippen LogP) is 1.34. The van der Waals surface area contributed by atoms with Gasteiger partial charge in [0, 0.05) is 30.6 Å². The minimum absolute atomic E-state index is 0.0549. The van der Waals surface area contributed by atoms with Crippen molar-refractivity contribution in [3.63, 3.8) is 0 Å². The first-order valence-electron chi connectivity index (χ1n) is 5.57. The van der Waals surface area contributed by atoms with Crippen LogP contribution in [0.2, 0.25) is 0 Å². The van der Waals surface area contributed by atoms with Crippen LogP contribution < -0.4 is 5.32 Å². The van der Waals surface area contributed by atoms with Gasteiger partial charge >= 0.3 is 0 Å². The number of nitrogens with zero attached hydrogens (tertiary/aromatic N) is 2. The van der Waals surface area contributed by atoms with Crippen molar-refractivity contribution in [2.24, 2.45) is 5.92 Å². The Hall–Kier alpha value is -1.43. The first-order valence-corrected chi connectivity index (χ1v) is 6.45. The Labute approximate surface area is 104 Å². The molecule has 0 radical (unpaired) electrons. The lowest BCUT2D eigenvalue weighted by molar-refractivity contribution is -0.129. The second-order valence-corrected chi connectivity index (χ2v) is 5.26. The molecule has 1 fully saturated rings. The van der Waals surface area contributed by atoms with Crippen LogP contribution >= 0.6 is 11.3 Å². The average Bonchev–Trinajstić information content (AvgIpc) is 2.86. The molecule has 1 aliphatic heterocycles. The molecule has 1 atom stereocenters. The number of carbonyl (C=O) groups is 2. The number of carbonyl (C=O) groups excluding carboxylic acids is 2. The summed E-state index contributed by atoms with van der Waals surface area (Å²) in [5.41, 5.74) is 0. The van der Waals surface area contributed by atoms with Crippen molar-refractivity contribution in [3.8, 4) is 0 Å². The lowest BCUT2D eigenvalue weighted by Gasteiger charge is -2.20. The number of rotatable bonds is 3. The number of hydrogen-bond acceptors (Lipinski definition) is 4. The maximum absolute atomic E-state index is 11.9. The number of nitrogens with one attached hydrogen (secondary N) is 1. The molecule has 0 spiro atoms. The number of aromatic nitrogens is 1. The Kier molecular flexibility index (Phi) is 3.42. The number of anilines is 1. The van der Waals surface area contributed by atoms with Crippen LogP contribution in [0.25, 0.3) is 0 Å². The van der Waals surface area contributed by atoms with Crippen molar-refractivity contribution in [2.45, 2.75) is 26.3 Å². The highest BCUT2D eigenvalue weighted by Crippen LogP contribution is 2.22. The molecule has 0 aliphatic carbocycles. The smallest absolute Gasteiger partial charge is 0.231 e. The fraction of sp³-hybridized carbons (Fsp3) is 0.545. The van der Waals surface area contributed by atoms with E-state index < -0.39 is 0 Å². The summed E-state index contributed by atoms with van der Waals surface area (Å²) in [6, 6.07) is 0.153. The fourth-order valence-corrected chi connectivity index (χ4v) is 2.43. The summed E-state index contributed by atoms with van der Waals surface area (Å²) in [6.45, 7) is 4.42. The highest BCUT2D eigenvalue weighted by atomic mass is 32.1. The average molecular weight is 253 g/mol. The van der Waals surface area contributed by atoms with Gasteiger partial charge in [-0.3, -0.25) is 9.59 Å². The Morgan fingerprint density at radius 2 is 2.41 bits per heavy atom. The van der Waals surface area contributed by atoms with E-state index >= 15 is 0 Å². The summed E-state index contributed by atoms with van der Waals surface area (Å²) in [5, 5.41) is 5.12. The topological polar surface area (TPSA) is 62.3 Å². The van der Waals surface area contributed by atoms with Crippen LogP contribution in [0.1, 0.15) is 20.3 Å². The lowest BCUT2D eigenvalue weighted by Crippen LogP contribution is -2.33. The molecule has 1 unspecified atom stereocenters. The first-order chi connectivity index (χ1) is 8.08. The zero-order valence-electron chi connectivity index (χ0n) is 9.84. The molecule has 17 heavy (non-hydrogen) atoms. The molecular weight excluding hydrogens is 238 g/mol. The van der Waals surface area contributed by atoms with E-state index in [1.165, 1.54) is 11.3 Å². The van der Waals surface area contributed by atoms with E-state index in [0.717, 1.165) is 0 Å². The third-order valence-electron chi connectivity index (χ3n) is 2.82. The first kappa shape index (κ1) is 12.0. The van der Waals surface area contributed by atoms with Crippen molar-refractivity contribution in [3.05, 3.63) is 11.6 Å². The standard InChI is InChI=1S/C11H15N3O2S/c1-7(2)14-6-8(5-9(14)15)10(16)13-11-12-3-4-17-11/h3-4,7-8H,5-6H2,1-2H3,(H,12,13,16). The molecule has 0 saturated carbocycles. The summed E-state index contributed by atoms with van der Waals surface area (Å²) < 4.78 is 0. The monoisotopic (exact) mass is 253 g/mol. The van der Waals surface area contributed by atoms with Crippen LogP contribution in [0.5, 0.6) is 0 Å². The number of hydrogen-bond donors (Lipinski definition) is 1. The molecule has 92 valence electrons. The van der Waals surface area contributed by atoms with Crippen LogP contribution in [-0.4, -0.2) is 34.3 Å². The Bertz CT molecular complexity index is 416. The van der Waals surface area contributed by atoms with Crippen molar-refractivity contribution < 1.29 is 9.59 Å². The van der Waals surface area contributed by atoms with Gasteiger partial charge in [-0.15, -0.1) is 11.3 Å². The van der Waals surface area contributed by atoms with Gasteiger partial charge in [-0.25, -0.2) is 4.98 Å². The Morgan fingerprint density at radius 1 is 1.65 bits per heavy atom. The lowest BCUT2D eigenvalue weighted by atomic mass is 10.1. The number of thiazole rings is 1. The molecule has 5 nitrogen and oxygen atoms in total. The van der Waals surface area contributed by atoms with Crippen molar-refractivity contribution in [1.82, 2.24) is 9.88 Å². The zero-order chi connectivity index (χ0) is 12.4. The number of likely N-dealkylation sites (tertiary alicyclic amines) is 1. The van der Waals surface area contributed by atoms with Gasteiger partial charge < -0.3 is 10.2 Å². The Morgan fingerprint density at radius 3 is 2.94 bits per heavy atom. The molecule has 2 amide bonds. The maximum atomic E-state index is 11.9. The summed E-state index contributed by atoms with van der Waals surface area (Å²) in [6.07, 6.45) is 1.94. The Balaban J connectivity index is 1.96. The molecular formula is C11H15N3O2S. The predicted molar refractivity (Wildman–Crippen MR) is 65.7 cm³/mol. The van der Waals surface area contributed by atoms with Crippen LogP contribution in [0, 0.1) is 5.92 Å². The van der Waals surface area contributed by atoms with Gasteiger partial charge in [0.25, 0.3) is 0 Å². The van der Waals surface area contributed by atoms with E-state index in [0.29, 0.717) is 18.1 Å². The van der Waals surface area contributed by atoms with E-state index in [9.17, 15) is 9.59 Å². The zero-order valence-corrected chi connectivity index (χ0v) is 10.7. The van der Waals surface area contributed by atoms with Gasteiger partial charge in [0.1, 0.15) is 0 Å². The van der Waals surface area contributed by atoms with Gasteiger partial charge in [-0.05, 0) is 13.8 Å². The maximum Gasteiger partial charge on any atom is 0.231 e. The highest BCUT2D eigenvalue weighted by Gasteiger charge is 2.35. The largest absolute Gasteiger partial charge is 0.339 e. The van der Waals surface area contributed by atoms with Crippen LogP contribution in [0.15, 0.2) is 11.6 Å². The molecule has 1 N–H and O–H groups in total. The molecule has 6 heteroatoms. The van der Waals surface area contributed by atoms with Crippen LogP contribution in [-0.2, 0) is 9.59 Å². The second kappa shape index (κ2) is 4.83. The van der Waals surface area contributed by atoms with Crippen molar-refractivity contribution in [2.75, 3.05) is 11.9 Å². The summed E-state index contributed by atoms with van der Waals surface area (Å²) >= 11 is 1.38. The molecule has 1 aromatic heterocycles. The number of amides is 2. The van der Waals surface area contributed by atoms with Crippen LogP contribution in [0.3, 0.4) is 0 Å². The minimum Gasteiger partial charge on any atom is -0.339 e. The third kappa shape index (κ3) is 2.63. The second-order valence-electron chi connectivity index (χ2n) is 4.37. The summed E-state index contributed by atoms with van der Waals surface area (Å²) in [7, 11) is 0. The van der Waals surface area contributed by atoms with Gasteiger partial charge in [0.15, 0.2) is 5.13 Å². The molecule has 1 saturated heterocycles. The molecule has 0 aromatic carbocycles. The van der Waals surface area contributed by atoms with Crippen LogP contribution in [0.4, 0.5) is 5.13 Å². The van der Waals surface area contributed by atoms with Gasteiger partial charge in [-0.1, -0.05) is 0 Å². The van der Waals surface area contributed by atoms with Gasteiger partial charge in [0.2, 0.25) is 11.8 Å². The summed E-state index contributed by atoms with van der Waals surface area (Å²) in [4.78, 5) is 29.3. The highest BCUT2D eigenvalue weighted by molar-refractivity contribution is 7.13. The molecule has 1 aromatic rings. The normalized spacial score (nSPS) is 20.1. The quantitative estimate of drug-likeness (QED) is 0.884. The van der Waals surface area contributed by atoms with E-state index in [-0.39, 0.29) is 23.8 Å². The summed E-state index contributed by atoms with van der Waals surface area (Å²) in [5.74, 6) is -0.315.